The number of hydrogen-bond donors (Lipinski definition) is 1. The van der Waals surface area contributed by atoms with Gasteiger partial charge in [-0.05, 0) is 44.5 Å². The van der Waals surface area contributed by atoms with Crippen molar-refractivity contribution in [2.75, 3.05) is 11.1 Å². The van der Waals surface area contributed by atoms with E-state index in [2.05, 4.69) is 38.6 Å². The summed E-state index contributed by atoms with van der Waals surface area (Å²) in [6.45, 7) is 5.86. The van der Waals surface area contributed by atoms with Gasteiger partial charge in [0, 0.05) is 24.0 Å². The highest BCUT2D eigenvalue weighted by atomic mass is 32.2. The number of amides is 1. The summed E-state index contributed by atoms with van der Waals surface area (Å²) in [5.41, 5.74) is 4.06. The smallest absolute Gasteiger partial charge is 0.236 e. The maximum absolute atomic E-state index is 12.4. The third kappa shape index (κ3) is 4.25. The average Bonchev–Trinajstić information content (AvgIpc) is 3.33. The van der Waals surface area contributed by atoms with Crippen molar-refractivity contribution in [1.29, 1.82) is 0 Å². The Bertz CT molecular complexity index is 1190. The van der Waals surface area contributed by atoms with Crippen molar-refractivity contribution in [2.45, 2.75) is 25.9 Å². The Morgan fingerprint density at radius 2 is 2.03 bits per heavy atom. The molecule has 0 spiro atoms. The monoisotopic (exact) mass is 420 g/mol. The number of aromatic nitrogens is 5. The molecular weight excluding hydrogens is 400 g/mol. The molecule has 0 aliphatic carbocycles. The van der Waals surface area contributed by atoms with Crippen LogP contribution in [0.5, 0.6) is 0 Å². The van der Waals surface area contributed by atoms with Gasteiger partial charge in [-0.25, -0.2) is 0 Å². The fourth-order valence-electron chi connectivity index (χ4n) is 3.05. The number of benzene rings is 1. The zero-order valence-corrected chi connectivity index (χ0v) is 17.6. The van der Waals surface area contributed by atoms with Crippen molar-refractivity contribution in [3.63, 3.8) is 0 Å². The highest BCUT2D eigenvalue weighted by Gasteiger charge is 2.19. The van der Waals surface area contributed by atoms with E-state index in [1.165, 1.54) is 17.3 Å². The van der Waals surface area contributed by atoms with Crippen LogP contribution < -0.4 is 5.32 Å². The van der Waals surface area contributed by atoms with E-state index >= 15 is 0 Å². The average molecular weight is 420 g/mol. The number of aryl methyl sites for hydroxylation is 3. The largest absolute Gasteiger partial charge is 0.360 e. The summed E-state index contributed by atoms with van der Waals surface area (Å²) in [6.07, 6.45) is 3.46. The quantitative estimate of drug-likeness (QED) is 0.471. The standard InChI is InChI=1S/C21H20N6O2S/c1-13-6-7-17(14(2)9-13)27-20(16-5-4-8-22-11-16)24-25-21(27)30-12-19(28)23-18-10-15(3)29-26-18/h4-11H,12H2,1-3H3,(H,23,26,28). The molecule has 30 heavy (non-hydrogen) atoms. The fourth-order valence-corrected chi connectivity index (χ4v) is 3.80. The van der Waals surface area contributed by atoms with E-state index in [9.17, 15) is 4.79 Å². The van der Waals surface area contributed by atoms with Gasteiger partial charge in [0.05, 0.1) is 11.4 Å². The van der Waals surface area contributed by atoms with E-state index in [0.29, 0.717) is 22.6 Å². The van der Waals surface area contributed by atoms with Crippen molar-refractivity contribution in [3.05, 3.63) is 65.7 Å². The first-order chi connectivity index (χ1) is 14.5. The molecule has 0 bridgehead atoms. The minimum absolute atomic E-state index is 0.155. The second kappa shape index (κ2) is 8.50. The summed E-state index contributed by atoms with van der Waals surface area (Å²) in [6, 6.07) is 11.7. The first-order valence-corrected chi connectivity index (χ1v) is 10.3. The molecule has 8 nitrogen and oxygen atoms in total. The Morgan fingerprint density at radius 3 is 2.73 bits per heavy atom. The van der Waals surface area contributed by atoms with Crippen LogP contribution in [0.15, 0.2) is 58.5 Å². The Hall–Kier alpha value is -3.46. The minimum Gasteiger partial charge on any atom is -0.360 e. The predicted octanol–water partition coefficient (Wildman–Crippen LogP) is 3.97. The number of nitrogens with zero attached hydrogens (tertiary/aromatic N) is 5. The molecule has 152 valence electrons. The van der Waals surface area contributed by atoms with Gasteiger partial charge in [-0.2, -0.15) is 0 Å². The molecule has 0 atom stereocenters. The van der Waals surface area contributed by atoms with Crippen LogP contribution >= 0.6 is 11.8 Å². The number of anilines is 1. The third-order valence-electron chi connectivity index (χ3n) is 4.37. The molecule has 4 aromatic rings. The van der Waals surface area contributed by atoms with Gasteiger partial charge in [-0.1, -0.05) is 34.6 Å². The van der Waals surface area contributed by atoms with Crippen LogP contribution in [0.2, 0.25) is 0 Å². The van der Waals surface area contributed by atoms with Crippen molar-refractivity contribution in [1.82, 2.24) is 24.9 Å². The van der Waals surface area contributed by atoms with Gasteiger partial charge in [0.2, 0.25) is 5.91 Å². The molecule has 0 aliphatic heterocycles. The van der Waals surface area contributed by atoms with E-state index in [0.717, 1.165) is 16.8 Å². The molecule has 0 saturated carbocycles. The highest BCUT2D eigenvalue weighted by Crippen LogP contribution is 2.29. The first-order valence-electron chi connectivity index (χ1n) is 9.30. The van der Waals surface area contributed by atoms with E-state index in [1.54, 1.807) is 25.4 Å². The molecule has 3 heterocycles. The van der Waals surface area contributed by atoms with Gasteiger partial charge in [0.1, 0.15) is 5.76 Å². The molecule has 1 N–H and O–H groups in total. The number of carbonyl (C=O) groups excluding carboxylic acids is 1. The summed E-state index contributed by atoms with van der Waals surface area (Å²) < 4.78 is 6.94. The number of pyridine rings is 1. The second-order valence-electron chi connectivity index (χ2n) is 6.83. The van der Waals surface area contributed by atoms with Crippen LogP contribution in [-0.2, 0) is 4.79 Å². The SMILES string of the molecule is Cc1ccc(-n2c(SCC(=O)Nc3cc(C)on3)nnc2-c2cccnc2)c(C)c1. The summed E-state index contributed by atoms with van der Waals surface area (Å²) in [7, 11) is 0. The summed E-state index contributed by atoms with van der Waals surface area (Å²) >= 11 is 1.30. The van der Waals surface area contributed by atoms with Gasteiger partial charge < -0.3 is 9.84 Å². The van der Waals surface area contributed by atoms with Crippen LogP contribution in [0.3, 0.4) is 0 Å². The number of rotatable bonds is 6. The van der Waals surface area contributed by atoms with Crippen molar-refractivity contribution in [3.8, 4) is 17.1 Å². The summed E-state index contributed by atoms with van der Waals surface area (Å²) in [5, 5.41) is 15.9. The molecule has 0 aliphatic rings. The van der Waals surface area contributed by atoms with E-state index in [-0.39, 0.29) is 11.7 Å². The van der Waals surface area contributed by atoms with Crippen LogP contribution in [-0.4, -0.2) is 36.6 Å². The molecule has 4 rings (SSSR count). The third-order valence-corrected chi connectivity index (χ3v) is 5.30. The molecule has 3 aromatic heterocycles. The fraction of sp³-hybridized carbons (Fsp3) is 0.190. The number of thioether (sulfide) groups is 1. The molecule has 0 fully saturated rings. The predicted molar refractivity (Wildman–Crippen MR) is 115 cm³/mol. The van der Waals surface area contributed by atoms with Crippen LogP contribution in [0.1, 0.15) is 16.9 Å². The first kappa shape index (κ1) is 19.8. The lowest BCUT2D eigenvalue weighted by molar-refractivity contribution is -0.113. The molecular formula is C21H20N6O2S. The zero-order valence-electron chi connectivity index (χ0n) is 16.8. The van der Waals surface area contributed by atoms with Crippen LogP contribution in [0.4, 0.5) is 5.82 Å². The lowest BCUT2D eigenvalue weighted by Gasteiger charge is -2.13. The Kier molecular flexibility index (Phi) is 5.62. The maximum atomic E-state index is 12.4. The van der Waals surface area contributed by atoms with Gasteiger partial charge in [0.15, 0.2) is 16.8 Å². The molecule has 1 aromatic carbocycles. The van der Waals surface area contributed by atoms with Crippen molar-refractivity contribution >= 4 is 23.5 Å². The van der Waals surface area contributed by atoms with Crippen molar-refractivity contribution in [2.24, 2.45) is 0 Å². The summed E-state index contributed by atoms with van der Waals surface area (Å²) in [4.78, 5) is 16.5. The Balaban J connectivity index is 1.64. The molecule has 9 heteroatoms. The lowest BCUT2D eigenvalue weighted by atomic mass is 10.1. The van der Waals surface area contributed by atoms with Gasteiger partial charge in [-0.15, -0.1) is 10.2 Å². The maximum Gasteiger partial charge on any atom is 0.236 e. The molecule has 1 amide bonds. The Morgan fingerprint density at radius 1 is 1.17 bits per heavy atom. The normalized spacial score (nSPS) is 10.9. The van der Waals surface area contributed by atoms with Gasteiger partial charge >= 0.3 is 0 Å². The molecule has 0 saturated heterocycles. The second-order valence-corrected chi connectivity index (χ2v) is 7.78. The lowest BCUT2D eigenvalue weighted by Crippen LogP contribution is -2.14. The topological polar surface area (TPSA) is 98.7 Å². The Labute approximate surface area is 177 Å². The number of nitrogens with one attached hydrogen (secondary N) is 1. The zero-order chi connectivity index (χ0) is 21.1. The van der Waals surface area contributed by atoms with Crippen LogP contribution in [0.25, 0.3) is 17.1 Å². The summed E-state index contributed by atoms with van der Waals surface area (Å²) in [5.74, 6) is 1.65. The van der Waals surface area contributed by atoms with Gasteiger partial charge in [-0.3, -0.25) is 14.3 Å². The van der Waals surface area contributed by atoms with E-state index < -0.39 is 0 Å². The van der Waals surface area contributed by atoms with Gasteiger partial charge in [0.25, 0.3) is 0 Å². The van der Waals surface area contributed by atoms with E-state index in [1.807, 2.05) is 35.8 Å². The highest BCUT2D eigenvalue weighted by molar-refractivity contribution is 7.99. The number of carbonyl (C=O) groups is 1. The molecule has 0 unspecified atom stereocenters. The van der Waals surface area contributed by atoms with E-state index in [4.69, 9.17) is 4.52 Å². The minimum atomic E-state index is -0.202. The number of hydrogen-bond acceptors (Lipinski definition) is 7. The molecule has 0 radical (unpaired) electrons. The van der Waals surface area contributed by atoms with Crippen molar-refractivity contribution < 1.29 is 9.32 Å². The van der Waals surface area contributed by atoms with Crippen LogP contribution in [0, 0.1) is 20.8 Å².